The molecule has 0 spiro atoms. The highest BCUT2D eigenvalue weighted by molar-refractivity contribution is 5.68. The third kappa shape index (κ3) is 2.43. The van der Waals surface area contributed by atoms with Gasteiger partial charge in [0, 0.05) is 31.3 Å². The molecule has 4 heteroatoms. The van der Waals surface area contributed by atoms with E-state index in [-0.39, 0.29) is 5.82 Å². The van der Waals surface area contributed by atoms with E-state index in [4.69, 9.17) is 0 Å². The number of hydrogen-bond acceptors (Lipinski definition) is 2. The van der Waals surface area contributed by atoms with Crippen molar-refractivity contribution in [2.24, 2.45) is 7.05 Å². The summed E-state index contributed by atoms with van der Waals surface area (Å²) >= 11 is 0. The highest BCUT2D eigenvalue weighted by atomic mass is 19.1. The van der Waals surface area contributed by atoms with Gasteiger partial charge >= 0.3 is 0 Å². The lowest BCUT2D eigenvalue weighted by Crippen LogP contribution is -2.11. The predicted molar refractivity (Wildman–Crippen MR) is 71.0 cm³/mol. The Kier molecular flexibility index (Phi) is 3.77. The maximum atomic E-state index is 13.0. The van der Waals surface area contributed by atoms with E-state index in [1.54, 1.807) is 0 Å². The van der Waals surface area contributed by atoms with Crippen LogP contribution in [0.1, 0.15) is 11.4 Å². The van der Waals surface area contributed by atoms with Gasteiger partial charge in [0.1, 0.15) is 5.82 Å². The number of aromatic nitrogens is 2. The van der Waals surface area contributed by atoms with Gasteiger partial charge in [-0.1, -0.05) is 12.1 Å². The van der Waals surface area contributed by atoms with Crippen LogP contribution in [0.4, 0.5) is 4.39 Å². The van der Waals surface area contributed by atoms with Gasteiger partial charge in [0.05, 0.1) is 5.69 Å². The number of rotatable bonds is 4. The quantitative estimate of drug-likeness (QED) is 0.898. The van der Waals surface area contributed by atoms with Crippen molar-refractivity contribution < 1.29 is 4.39 Å². The zero-order chi connectivity index (χ0) is 13.1. The Morgan fingerprint density at radius 3 is 2.56 bits per heavy atom. The summed E-state index contributed by atoms with van der Waals surface area (Å²) in [5.74, 6) is -0.211. The molecule has 1 N–H and O–H groups in total. The second-order valence-corrected chi connectivity index (χ2v) is 4.39. The van der Waals surface area contributed by atoms with E-state index >= 15 is 0 Å². The normalized spacial score (nSPS) is 10.9. The average molecular weight is 247 g/mol. The van der Waals surface area contributed by atoms with Crippen LogP contribution in [0.5, 0.6) is 0 Å². The Bertz CT molecular complexity index is 529. The molecule has 0 saturated carbocycles. The van der Waals surface area contributed by atoms with E-state index in [0.29, 0.717) is 0 Å². The van der Waals surface area contributed by atoms with Crippen LogP contribution in [0.15, 0.2) is 24.3 Å². The zero-order valence-electron chi connectivity index (χ0n) is 11.0. The van der Waals surface area contributed by atoms with Crippen molar-refractivity contribution in [1.82, 2.24) is 15.1 Å². The monoisotopic (exact) mass is 247 g/mol. The lowest BCUT2D eigenvalue weighted by atomic mass is 10.0. The maximum absolute atomic E-state index is 13.0. The molecule has 96 valence electrons. The first-order chi connectivity index (χ1) is 8.63. The van der Waals surface area contributed by atoms with Crippen LogP contribution >= 0.6 is 0 Å². The van der Waals surface area contributed by atoms with Crippen molar-refractivity contribution >= 4 is 0 Å². The molecule has 3 nitrogen and oxygen atoms in total. The van der Waals surface area contributed by atoms with Crippen molar-refractivity contribution in [1.29, 1.82) is 0 Å². The average Bonchev–Trinajstić information content (AvgIpc) is 2.64. The lowest BCUT2D eigenvalue weighted by Gasteiger charge is -2.04. The van der Waals surface area contributed by atoms with Crippen molar-refractivity contribution in [3.05, 3.63) is 41.5 Å². The topological polar surface area (TPSA) is 29.9 Å². The molecule has 1 heterocycles. The van der Waals surface area contributed by atoms with E-state index in [2.05, 4.69) is 10.4 Å². The number of nitrogens with one attached hydrogen (secondary N) is 1. The van der Waals surface area contributed by atoms with Crippen LogP contribution in [0, 0.1) is 12.7 Å². The fourth-order valence-corrected chi connectivity index (χ4v) is 2.09. The Balaban J connectivity index is 2.44. The van der Waals surface area contributed by atoms with Crippen molar-refractivity contribution in [3.63, 3.8) is 0 Å². The standard InChI is InChI=1S/C14H18FN3/c1-10-14(11-4-6-12(15)7-5-11)13(8-9-16-2)17-18(10)3/h4-7,16H,8-9H2,1-3H3. The molecule has 1 aromatic heterocycles. The van der Waals surface area contributed by atoms with Crippen molar-refractivity contribution in [2.45, 2.75) is 13.3 Å². The van der Waals surface area contributed by atoms with Gasteiger partial charge in [0.15, 0.2) is 0 Å². The van der Waals surface area contributed by atoms with Crippen molar-refractivity contribution in [2.75, 3.05) is 13.6 Å². The van der Waals surface area contributed by atoms with Gasteiger partial charge in [0.2, 0.25) is 0 Å². The minimum absolute atomic E-state index is 0.211. The summed E-state index contributed by atoms with van der Waals surface area (Å²) in [5.41, 5.74) is 4.30. The molecular formula is C14H18FN3. The minimum atomic E-state index is -0.211. The van der Waals surface area contributed by atoms with Crippen LogP contribution < -0.4 is 5.32 Å². The van der Waals surface area contributed by atoms with Crippen LogP contribution in [-0.4, -0.2) is 23.4 Å². The summed E-state index contributed by atoms with van der Waals surface area (Å²) in [7, 11) is 3.86. The maximum Gasteiger partial charge on any atom is 0.123 e. The molecule has 0 radical (unpaired) electrons. The van der Waals surface area contributed by atoms with Gasteiger partial charge in [-0.3, -0.25) is 4.68 Å². The minimum Gasteiger partial charge on any atom is -0.319 e. The molecular weight excluding hydrogens is 229 g/mol. The van der Waals surface area contributed by atoms with E-state index in [0.717, 1.165) is 35.5 Å². The Labute approximate surface area is 107 Å². The molecule has 0 bridgehead atoms. The molecule has 2 aromatic rings. The van der Waals surface area contributed by atoms with Gasteiger partial charge in [-0.25, -0.2) is 4.39 Å². The zero-order valence-corrected chi connectivity index (χ0v) is 11.0. The number of aryl methyl sites for hydroxylation is 1. The molecule has 0 amide bonds. The van der Waals surface area contributed by atoms with Gasteiger partial charge in [-0.05, 0) is 31.7 Å². The Morgan fingerprint density at radius 1 is 1.28 bits per heavy atom. The van der Waals surface area contributed by atoms with Gasteiger partial charge in [0.25, 0.3) is 0 Å². The number of halogens is 1. The number of benzene rings is 1. The van der Waals surface area contributed by atoms with Crippen LogP contribution in [0.3, 0.4) is 0 Å². The largest absolute Gasteiger partial charge is 0.319 e. The molecule has 0 atom stereocenters. The second kappa shape index (κ2) is 5.31. The Hall–Kier alpha value is -1.68. The molecule has 0 saturated heterocycles. The van der Waals surface area contributed by atoms with E-state index < -0.39 is 0 Å². The van der Waals surface area contributed by atoms with Crippen LogP contribution in [0.2, 0.25) is 0 Å². The summed E-state index contributed by atoms with van der Waals surface area (Å²) in [5, 5.41) is 7.65. The molecule has 0 aliphatic carbocycles. The molecule has 0 aliphatic rings. The molecule has 18 heavy (non-hydrogen) atoms. The first-order valence-corrected chi connectivity index (χ1v) is 6.06. The van der Waals surface area contributed by atoms with Gasteiger partial charge < -0.3 is 5.32 Å². The molecule has 0 unspecified atom stereocenters. The third-order valence-corrected chi connectivity index (χ3v) is 3.15. The lowest BCUT2D eigenvalue weighted by molar-refractivity contribution is 0.628. The van der Waals surface area contributed by atoms with Gasteiger partial charge in [-0.15, -0.1) is 0 Å². The molecule has 0 fully saturated rings. The second-order valence-electron chi connectivity index (χ2n) is 4.39. The Morgan fingerprint density at radius 2 is 1.94 bits per heavy atom. The summed E-state index contributed by atoms with van der Waals surface area (Å²) in [4.78, 5) is 0. The molecule has 0 aliphatic heterocycles. The fraction of sp³-hybridized carbons (Fsp3) is 0.357. The fourth-order valence-electron chi connectivity index (χ4n) is 2.09. The highest BCUT2D eigenvalue weighted by Crippen LogP contribution is 2.27. The van der Waals surface area contributed by atoms with E-state index in [1.807, 2.05) is 37.8 Å². The summed E-state index contributed by atoms with van der Waals surface area (Å²) in [6.45, 7) is 2.92. The first kappa shape index (κ1) is 12.8. The highest BCUT2D eigenvalue weighted by Gasteiger charge is 2.14. The SMILES string of the molecule is CNCCc1nn(C)c(C)c1-c1ccc(F)cc1. The number of hydrogen-bond donors (Lipinski definition) is 1. The smallest absolute Gasteiger partial charge is 0.123 e. The van der Waals surface area contributed by atoms with Crippen LogP contribution in [-0.2, 0) is 13.5 Å². The summed E-state index contributed by atoms with van der Waals surface area (Å²) < 4.78 is 14.9. The van der Waals surface area contributed by atoms with Gasteiger partial charge in [-0.2, -0.15) is 5.10 Å². The number of likely N-dealkylation sites (N-methyl/N-ethyl adjacent to an activating group) is 1. The first-order valence-electron chi connectivity index (χ1n) is 6.06. The van der Waals surface area contributed by atoms with E-state index in [9.17, 15) is 4.39 Å². The molecule has 1 aromatic carbocycles. The summed E-state index contributed by atoms with van der Waals surface area (Å²) in [6.07, 6.45) is 0.866. The number of nitrogens with zero attached hydrogens (tertiary/aromatic N) is 2. The predicted octanol–water partition coefficient (Wildman–Crippen LogP) is 2.30. The van der Waals surface area contributed by atoms with Crippen molar-refractivity contribution in [3.8, 4) is 11.1 Å². The van der Waals surface area contributed by atoms with Crippen LogP contribution in [0.25, 0.3) is 11.1 Å². The molecule has 2 rings (SSSR count). The van der Waals surface area contributed by atoms with E-state index in [1.165, 1.54) is 12.1 Å². The summed E-state index contributed by atoms with van der Waals surface area (Å²) in [6, 6.07) is 6.59. The third-order valence-electron chi connectivity index (χ3n) is 3.15.